The van der Waals surface area contributed by atoms with Gasteiger partial charge in [0.15, 0.2) is 11.5 Å². The molecule has 0 bridgehead atoms. The van der Waals surface area contributed by atoms with Gasteiger partial charge in [0, 0.05) is 32.7 Å². The van der Waals surface area contributed by atoms with E-state index in [1.54, 1.807) is 0 Å². The van der Waals surface area contributed by atoms with Crippen LogP contribution in [0.2, 0.25) is 0 Å². The van der Waals surface area contributed by atoms with Gasteiger partial charge in [0.05, 0.1) is 12.6 Å². The Hall–Kier alpha value is -2.57. The van der Waals surface area contributed by atoms with Crippen LogP contribution in [0.3, 0.4) is 0 Å². The van der Waals surface area contributed by atoms with Crippen molar-refractivity contribution < 1.29 is 14.3 Å². The number of fused-ring (bicyclic) bond motifs is 1. The molecule has 2 heterocycles. The summed E-state index contributed by atoms with van der Waals surface area (Å²) in [7, 11) is 0. The number of benzene rings is 2. The molecule has 6 heteroatoms. The molecule has 1 N–H and O–H groups in total. The molecule has 1 fully saturated rings. The normalized spacial score (nSPS) is 18.1. The van der Waals surface area contributed by atoms with Gasteiger partial charge in [-0.1, -0.05) is 35.9 Å². The van der Waals surface area contributed by atoms with Crippen LogP contribution in [0.25, 0.3) is 0 Å². The van der Waals surface area contributed by atoms with E-state index in [1.807, 2.05) is 25.1 Å². The monoisotopic (exact) mass is 409 g/mol. The van der Waals surface area contributed by atoms with Crippen molar-refractivity contribution in [3.05, 3.63) is 59.2 Å². The van der Waals surface area contributed by atoms with Gasteiger partial charge < -0.3 is 14.8 Å². The standard InChI is InChI=1S/C24H31N3O3/c1-18-4-3-5-20(14-18)16-26-8-10-27(11-9-26)17-24(28)25-19(2)21-6-7-22-23(15-21)30-13-12-29-22/h3-7,14-15,19H,8-13,16-17H2,1-2H3,(H,25,28)/t19-/m1/s1. The number of nitrogens with zero attached hydrogens (tertiary/aromatic N) is 2. The van der Waals surface area contributed by atoms with Crippen molar-refractivity contribution in [1.82, 2.24) is 15.1 Å². The average Bonchev–Trinajstić information content (AvgIpc) is 2.75. The molecule has 4 rings (SSSR count). The molecule has 160 valence electrons. The summed E-state index contributed by atoms with van der Waals surface area (Å²) in [5, 5.41) is 3.12. The van der Waals surface area contributed by atoms with Crippen LogP contribution in [0.5, 0.6) is 11.5 Å². The number of carbonyl (C=O) groups excluding carboxylic acids is 1. The SMILES string of the molecule is Cc1cccc(CN2CCN(CC(=O)N[C@H](C)c3ccc4c(c3)OCCO4)CC2)c1. The first-order chi connectivity index (χ1) is 14.6. The molecule has 0 saturated carbocycles. The van der Waals surface area contributed by atoms with E-state index in [1.165, 1.54) is 11.1 Å². The number of carbonyl (C=O) groups is 1. The Labute approximate surface area is 178 Å². The minimum absolute atomic E-state index is 0.0597. The first-order valence-corrected chi connectivity index (χ1v) is 10.8. The van der Waals surface area contributed by atoms with Gasteiger partial charge in [-0.25, -0.2) is 0 Å². The quantitative estimate of drug-likeness (QED) is 0.795. The highest BCUT2D eigenvalue weighted by molar-refractivity contribution is 5.78. The largest absolute Gasteiger partial charge is 0.486 e. The molecule has 0 unspecified atom stereocenters. The number of hydrogen-bond donors (Lipinski definition) is 1. The Balaban J connectivity index is 1.23. The number of amides is 1. The van der Waals surface area contributed by atoms with Gasteiger partial charge in [0.25, 0.3) is 0 Å². The first-order valence-electron chi connectivity index (χ1n) is 10.8. The molecule has 1 atom stereocenters. The summed E-state index contributed by atoms with van der Waals surface area (Å²) in [5.74, 6) is 1.58. The fraction of sp³-hybridized carbons (Fsp3) is 0.458. The van der Waals surface area contributed by atoms with E-state index in [0.29, 0.717) is 19.8 Å². The van der Waals surface area contributed by atoms with Crippen molar-refractivity contribution in [2.45, 2.75) is 26.4 Å². The molecule has 30 heavy (non-hydrogen) atoms. The number of rotatable bonds is 6. The van der Waals surface area contributed by atoms with Gasteiger partial charge >= 0.3 is 0 Å². The zero-order valence-electron chi connectivity index (χ0n) is 17.9. The fourth-order valence-corrected chi connectivity index (χ4v) is 4.08. The zero-order valence-corrected chi connectivity index (χ0v) is 17.9. The van der Waals surface area contributed by atoms with Crippen molar-refractivity contribution in [2.75, 3.05) is 45.9 Å². The van der Waals surface area contributed by atoms with Gasteiger partial charge in [0.1, 0.15) is 13.2 Å². The molecule has 0 radical (unpaired) electrons. The van der Waals surface area contributed by atoms with Gasteiger partial charge in [-0.05, 0) is 37.1 Å². The Bertz CT molecular complexity index is 878. The highest BCUT2D eigenvalue weighted by Gasteiger charge is 2.21. The first kappa shape index (κ1) is 20.7. The van der Waals surface area contributed by atoms with Crippen LogP contribution in [0.15, 0.2) is 42.5 Å². The number of piperazine rings is 1. The number of aryl methyl sites for hydroxylation is 1. The predicted octanol–water partition coefficient (Wildman–Crippen LogP) is 2.76. The van der Waals surface area contributed by atoms with Gasteiger partial charge in [-0.3, -0.25) is 14.6 Å². The van der Waals surface area contributed by atoms with Crippen molar-refractivity contribution in [2.24, 2.45) is 0 Å². The third-order valence-electron chi connectivity index (χ3n) is 5.76. The van der Waals surface area contributed by atoms with E-state index in [-0.39, 0.29) is 11.9 Å². The molecule has 1 amide bonds. The Morgan fingerprint density at radius 2 is 1.73 bits per heavy atom. The van der Waals surface area contributed by atoms with Crippen LogP contribution in [-0.4, -0.2) is 61.6 Å². The van der Waals surface area contributed by atoms with Crippen LogP contribution >= 0.6 is 0 Å². The summed E-state index contributed by atoms with van der Waals surface area (Å²) in [6.45, 7) is 10.5. The van der Waals surface area contributed by atoms with E-state index >= 15 is 0 Å². The fourth-order valence-electron chi connectivity index (χ4n) is 4.08. The molecular weight excluding hydrogens is 378 g/mol. The second-order valence-corrected chi connectivity index (χ2v) is 8.23. The van der Waals surface area contributed by atoms with Gasteiger partial charge in [0.2, 0.25) is 5.91 Å². The molecule has 1 saturated heterocycles. The average molecular weight is 410 g/mol. The predicted molar refractivity (Wildman–Crippen MR) is 117 cm³/mol. The molecule has 2 aromatic carbocycles. The van der Waals surface area contributed by atoms with Crippen LogP contribution in [0.4, 0.5) is 0 Å². The summed E-state index contributed by atoms with van der Waals surface area (Å²) < 4.78 is 11.2. The van der Waals surface area contributed by atoms with E-state index in [9.17, 15) is 4.79 Å². The lowest BCUT2D eigenvalue weighted by Crippen LogP contribution is -2.49. The van der Waals surface area contributed by atoms with Crippen molar-refractivity contribution in [1.29, 1.82) is 0 Å². The molecule has 0 spiro atoms. The highest BCUT2D eigenvalue weighted by atomic mass is 16.6. The summed E-state index contributed by atoms with van der Waals surface area (Å²) in [6, 6.07) is 14.5. The smallest absolute Gasteiger partial charge is 0.234 e. The van der Waals surface area contributed by atoms with Crippen LogP contribution in [-0.2, 0) is 11.3 Å². The summed E-state index contributed by atoms with van der Waals surface area (Å²) >= 11 is 0. The molecule has 2 aromatic rings. The van der Waals surface area contributed by atoms with E-state index in [2.05, 4.69) is 46.3 Å². The minimum atomic E-state index is -0.0732. The van der Waals surface area contributed by atoms with Crippen LogP contribution < -0.4 is 14.8 Å². The van der Waals surface area contributed by atoms with Crippen LogP contribution in [0.1, 0.15) is 29.7 Å². The Morgan fingerprint density at radius 1 is 1.00 bits per heavy atom. The van der Waals surface area contributed by atoms with Gasteiger partial charge in [-0.15, -0.1) is 0 Å². The van der Waals surface area contributed by atoms with Crippen LogP contribution in [0, 0.1) is 6.92 Å². The summed E-state index contributed by atoms with van der Waals surface area (Å²) in [4.78, 5) is 17.3. The lowest BCUT2D eigenvalue weighted by molar-refractivity contribution is -0.123. The number of nitrogens with one attached hydrogen (secondary N) is 1. The number of hydrogen-bond acceptors (Lipinski definition) is 5. The number of ether oxygens (including phenoxy) is 2. The topological polar surface area (TPSA) is 54.0 Å². The molecule has 6 nitrogen and oxygen atoms in total. The third kappa shape index (κ3) is 5.32. The maximum atomic E-state index is 12.6. The Kier molecular flexibility index (Phi) is 6.55. The van der Waals surface area contributed by atoms with Crippen molar-refractivity contribution in [3.8, 4) is 11.5 Å². The maximum absolute atomic E-state index is 12.6. The molecule has 0 aliphatic carbocycles. The Morgan fingerprint density at radius 3 is 2.50 bits per heavy atom. The van der Waals surface area contributed by atoms with Gasteiger partial charge in [-0.2, -0.15) is 0 Å². The maximum Gasteiger partial charge on any atom is 0.234 e. The second kappa shape index (κ2) is 9.49. The highest BCUT2D eigenvalue weighted by Crippen LogP contribution is 2.32. The lowest BCUT2D eigenvalue weighted by Gasteiger charge is -2.34. The molecule has 2 aliphatic heterocycles. The van der Waals surface area contributed by atoms with E-state index in [4.69, 9.17) is 9.47 Å². The van der Waals surface area contributed by atoms with Crippen molar-refractivity contribution in [3.63, 3.8) is 0 Å². The summed E-state index contributed by atoms with van der Waals surface area (Å²) in [6.07, 6.45) is 0. The molecule has 0 aromatic heterocycles. The third-order valence-corrected chi connectivity index (χ3v) is 5.76. The minimum Gasteiger partial charge on any atom is -0.486 e. The second-order valence-electron chi connectivity index (χ2n) is 8.23. The molecular formula is C24H31N3O3. The van der Waals surface area contributed by atoms with Crippen molar-refractivity contribution >= 4 is 5.91 Å². The molecule has 2 aliphatic rings. The summed E-state index contributed by atoms with van der Waals surface area (Å²) in [5.41, 5.74) is 3.68. The van der Waals surface area contributed by atoms with E-state index < -0.39 is 0 Å². The zero-order chi connectivity index (χ0) is 20.9. The van der Waals surface area contributed by atoms with E-state index in [0.717, 1.165) is 49.8 Å². The lowest BCUT2D eigenvalue weighted by atomic mass is 10.1.